The van der Waals surface area contributed by atoms with Crippen LogP contribution in [-0.2, 0) is 6.42 Å². The van der Waals surface area contributed by atoms with Crippen molar-refractivity contribution in [3.05, 3.63) is 70.0 Å². The van der Waals surface area contributed by atoms with Crippen LogP contribution in [0.15, 0.2) is 36.4 Å². The molecule has 1 unspecified atom stereocenters. The zero-order chi connectivity index (χ0) is 14.0. The molecule has 0 spiro atoms. The average molecular weight is 305 g/mol. The molecule has 0 aromatic heterocycles. The summed E-state index contributed by atoms with van der Waals surface area (Å²) in [6, 6.07) is 7.66. The van der Waals surface area contributed by atoms with Crippen LogP contribution >= 0.6 is 23.2 Å². The maximum atomic E-state index is 13.7. The highest BCUT2D eigenvalue weighted by Gasteiger charge is 2.17. The van der Waals surface area contributed by atoms with Crippen LogP contribution in [0.1, 0.15) is 16.5 Å². The van der Waals surface area contributed by atoms with Gasteiger partial charge in [0.15, 0.2) is 0 Å². The van der Waals surface area contributed by atoms with Crippen molar-refractivity contribution in [1.29, 1.82) is 0 Å². The van der Waals surface area contributed by atoms with Gasteiger partial charge in [-0.15, -0.1) is 11.6 Å². The van der Waals surface area contributed by atoms with E-state index in [1.165, 1.54) is 18.2 Å². The van der Waals surface area contributed by atoms with Crippen molar-refractivity contribution < 1.29 is 13.2 Å². The summed E-state index contributed by atoms with van der Waals surface area (Å²) in [6.07, 6.45) is 0.0466. The van der Waals surface area contributed by atoms with Crippen molar-refractivity contribution in [2.24, 2.45) is 0 Å². The van der Waals surface area contributed by atoms with Crippen molar-refractivity contribution in [1.82, 2.24) is 0 Å². The van der Waals surface area contributed by atoms with Gasteiger partial charge in [0.2, 0.25) is 0 Å². The van der Waals surface area contributed by atoms with Gasteiger partial charge in [0.05, 0.1) is 10.4 Å². The lowest BCUT2D eigenvalue weighted by Crippen LogP contribution is -2.01. The molecule has 0 bridgehead atoms. The van der Waals surface area contributed by atoms with Crippen LogP contribution in [0.3, 0.4) is 0 Å². The van der Waals surface area contributed by atoms with Gasteiger partial charge in [-0.2, -0.15) is 0 Å². The van der Waals surface area contributed by atoms with Crippen molar-refractivity contribution in [2.75, 3.05) is 0 Å². The molecule has 0 radical (unpaired) electrons. The molecular weight excluding hydrogens is 296 g/mol. The van der Waals surface area contributed by atoms with Gasteiger partial charge in [-0.05, 0) is 24.1 Å². The molecule has 1 atom stereocenters. The van der Waals surface area contributed by atoms with E-state index in [-0.39, 0.29) is 22.6 Å². The third-order valence-electron chi connectivity index (χ3n) is 2.73. The van der Waals surface area contributed by atoms with Gasteiger partial charge in [-0.3, -0.25) is 0 Å². The molecule has 0 amide bonds. The van der Waals surface area contributed by atoms with Crippen LogP contribution in [-0.4, -0.2) is 0 Å². The average Bonchev–Trinajstić information content (AvgIpc) is 2.36. The Hall–Kier alpha value is -1.19. The van der Waals surface area contributed by atoms with Crippen LogP contribution in [0, 0.1) is 17.5 Å². The van der Waals surface area contributed by atoms with Crippen LogP contribution in [0.2, 0.25) is 5.02 Å². The summed E-state index contributed by atoms with van der Waals surface area (Å²) in [5, 5.41) is -0.818. The summed E-state index contributed by atoms with van der Waals surface area (Å²) in [6.45, 7) is 0. The highest BCUT2D eigenvalue weighted by atomic mass is 35.5. The standard InChI is InChI=1S/C14H9Cl2F3/c15-11-3-1-2-10(14(11)19)12(16)6-8-4-5-9(17)7-13(8)18/h1-5,7,12H,6H2. The Morgan fingerprint density at radius 1 is 1.05 bits per heavy atom. The monoisotopic (exact) mass is 304 g/mol. The van der Waals surface area contributed by atoms with Crippen LogP contribution < -0.4 is 0 Å². The van der Waals surface area contributed by atoms with Gasteiger partial charge in [0, 0.05) is 11.6 Å². The van der Waals surface area contributed by atoms with Crippen molar-refractivity contribution in [3.8, 4) is 0 Å². The number of alkyl halides is 1. The van der Waals surface area contributed by atoms with Crippen molar-refractivity contribution >= 4 is 23.2 Å². The zero-order valence-corrected chi connectivity index (χ0v) is 11.2. The fourth-order valence-corrected chi connectivity index (χ4v) is 2.27. The maximum Gasteiger partial charge on any atom is 0.146 e. The zero-order valence-electron chi connectivity index (χ0n) is 9.64. The summed E-state index contributed by atoms with van der Waals surface area (Å²) >= 11 is 11.7. The molecule has 0 saturated carbocycles. The number of hydrogen-bond acceptors (Lipinski definition) is 0. The molecule has 0 nitrogen and oxygen atoms in total. The van der Waals surface area contributed by atoms with E-state index in [1.54, 1.807) is 6.07 Å². The maximum absolute atomic E-state index is 13.7. The molecule has 0 N–H and O–H groups in total. The first kappa shape index (κ1) is 14.2. The van der Waals surface area contributed by atoms with E-state index in [0.29, 0.717) is 0 Å². The Kier molecular flexibility index (Phi) is 4.38. The number of halogens is 5. The SMILES string of the molecule is Fc1ccc(CC(Cl)c2cccc(Cl)c2F)c(F)c1. The molecular formula is C14H9Cl2F3. The number of hydrogen-bond donors (Lipinski definition) is 0. The predicted octanol–water partition coefficient (Wildman–Crippen LogP) is 5.28. The fraction of sp³-hybridized carbons (Fsp3) is 0.143. The van der Waals surface area contributed by atoms with E-state index in [9.17, 15) is 13.2 Å². The summed E-state index contributed by atoms with van der Waals surface area (Å²) in [5.74, 6) is -1.99. The Bertz CT molecular complexity index is 599. The van der Waals surface area contributed by atoms with E-state index in [1.807, 2.05) is 0 Å². The highest BCUT2D eigenvalue weighted by Crippen LogP contribution is 2.31. The molecule has 0 aliphatic carbocycles. The Balaban J connectivity index is 2.25. The minimum Gasteiger partial charge on any atom is -0.207 e. The summed E-state index contributed by atoms with van der Waals surface area (Å²) in [7, 11) is 0. The van der Waals surface area contributed by atoms with Crippen molar-refractivity contribution in [3.63, 3.8) is 0 Å². The van der Waals surface area contributed by atoms with Gasteiger partial charge < -0.3 is 0 Å². The van der Waals surface area contributed by atoms with Gasteiger partial charge >= 0.3 is 0 Å². The predicted molar refractivity (Wildman–Crippen MR) is 70.1 cm³/mol. The number of benzene rings is 2. The summed E-state index contributed by atoms with van der Waals surface area (Å²) < 4.78 is 40.0. The van der Waals surface area contributed by atoms with Crippen LogP contribution in [0.25, 0.3) is 0 Å². The Morgan fingerprint density at radius 3 is 2.47 bits per heavy atom. The molecule has 0 aliphatic rings. The lowest BCUT2D eigenvalue weighted by atomic mass is 10.0. The van der Waals surface area contributed by atoms with E-state index in [2.05, 4.69) is 0 Å². The minimum absolute atomic E-state index is 0.0391. The van der Waals surface area contributed by atoms with Gasteiger partial charge in [-0.25, -0.2) is 13.2 Å². The molecule has 0 aliphatic heterocycles. The third-order valence-corrected chi connectivity index (χ3v) is 3.41. The molecule has 0 saturated heterocycles. The van der Waals surface area contributed by atoms with E-state index >= 15 is 0 Å². The topological polar surface area (TPSA) is 0 Å². The normalized spacial score (nSPS) is 12.5. The number of rotatable bonds is 3. The van der Waals surface area contributed by atoms with Crippen LogP contribution in [0.5, 0.6) is 0 Å². The second-order valence-corrected chi connectivity index (χ2v) is 4.98. The lowest BCUT2D eigenvalue weighted by molar-refractivity contribution is 0.567. The van der Waals surface area contributed by atoms with Gasteiger partial charge in [0.1, 0.15) is 17.5 Å². The minimum atomic E-state index is -0.779. The van der Waals surface area contributed by atoms with E-state index in [4.69, 9.17) is 23.2 Å². The Morgan fingerprint density at radius 2 is 1.79 bits per heavy atom. The smallest absolute Gasteiger partial charge is 0.146 e. The third kappa shape index (κ3) is 3.23. The molecule has 2 aromatic carbocycles. The Labute approximate surface area is 118 Å². The molecule has 0 fully saturated rings. The highest BCUT2D eigenvalue weighted by molar-refractivity contribution is 6.31. The van der Waals surface area contributed by atoms with Gasteiger partial charge in [0.25, 0.3) is 0 Å². The van der Waals surface area contributed by atoms with Crippen molar-refractivity contribution in [2.45, 2.75) is 11.8 Å². The first-order chi connectivity index (χ1) is 8.99. The second kappa shape index (κ2) is 5.85. The second-order valence-electron chi connectivity index (χ2n) is 4.05. The summed E-state index contributed by atoms with van der Waals surface area (Å²) in [5.41, 5.74) is 0.415. The molecule has 19 heavy (non-hydrogen) atoms. The van der Waals surface area contributed by atoms with Crippen LogP contribution in [0.4, 0.5) is 13.2 Å². The first-order valence-corrected chi connectivity index (χ1v) is 6.32. The first-order valence-electron chi connectivity index (χ1n) is 5.51. The molecule has 100 valence electrons. The van der Waals surface area contributed by atoms with Gasteiger partial charge in [-0.1, -0.05) is 29.8 Å². The lowest BCUT2D eigenvalue weighted by Gasteiger charge is -2.12. The molecule has 2 rings (SSSR count). The molecule has 2 aromatic rings. The largest absolute Gasteiger partial charge is 0.207 e. The summed E-state index contributed by atoms with van der Waals surface area (Å²) in [4.78, 5) is 0. The quantitative estimate of drug-likeness (QED) is 0.677. The fourth-order valence-electron chi connectivity index (χ4n) is 1.75. The molecule has 5 heteroatoms. The van der Waals surface area contributed by atoms with E-state index in [0.717, 1.165) is 12.1 Å². The molecule has 0 heterocycles. The van der Waals surface area contributed by atoms with E-state index < -0.39 is 22.8 Å².